The number of aliphatic hydroxyl groups excluding tert-OH is 1. The number of aryl methyl sites for hydroxylation is 2. The van der Waals surface area contributed by atoms with Crippen LogP contribution in [0.4, 0.5) is 0 Å². The minimum absolute atomic E-state index is 0.0163. The molecule has 5 nitrogen and oxygen atoms in total. The Labute approximate surface area is 126 Å². The van der Waals surface area contributed by atoms with E-state index in [9.17, 15) is 9.90 Å². The lowest BCUT2D eigenvalue weighted by Crippen LogP contribution is -2.45. The van der Waals surface area contributed by atoms with Crippen molar-refractivity contribution in [2.45, 2.75) is 32.9 Å². The van der Waals surface area contributed by atoms with E-state index in [2.05, 4.69) is 11.4 Å². The second-order valence-electron chi connectivity index (χ2n) is 5.65. The maximum atomic E-state index is 11.7. The third kappa shape index (κ3) is 6.14. The molecule has 0 bridgehead atoms. The molecule has 0 heterocycles. The first-order valence-electron chi connectivity index (χ1n) is 7.13. The summed E-state index contributed by atoms with van der Waals surface area (Å²) in [6.07, 6.45) is -0.664. The highest BCUT2D eigenvalue weighted by molar-refractivity contribution is 5.80. The highest BCUT2D eigenvalue weighted by Crippen LogP contribution is 2.16. The third-order valence-electron chi connectivity index (χ3n) is 3.11. The fourth-order valence-corrected chi connectivity index (χ4v) is 2.06. The van der Waals surface area contributed by atoms with Gasteiger partial charge in [0.15, 0.2) is 0 Å². The summed E-state index contributed by atoms with van der Waals surface area (Å²) in [6, 6.07) is 5.62. The molecular formula is C16H26N2O3. The van der Waals surface area contributed by atoms with Crippen molar-refractivity contribution in [3.8, 4) is 5.75 Å². The van der Waals surface area contributed by atoms with Crippen LogP contribution < -0.4 is 10.1 Å². The zero-order chi connectivity index (χ0) is 16.0. The molecule has 1 aromatic rings. The molecule has 0 fully saturated rings. The third-order valence-corrected chi connectivity index (χ3v) is 3.11. The van der Waals surface area contributed by atoms with Crippen molar-refractivity contribution >= 4 is 5.91 Å². The number of carbonyl (C=O) groups is 1. The van der Waals surface area contributed by atoms with Gasteiger partial charge in [-0.1, -0.05) is 6.07 Å². The number of rotatable bonds is 7. The number of carbonyl (C=O) groups excluding carboxylic acids is 1. The van der Waals surface area contributed by atoms with E-state index in [4.69, 9.17) is 4.74 Å². The molecule has 118 valence electrons. The quantitative estimate of drug-likeness (QED) is 0.791. The number of nitrogens with zero attached hydrogens (tertiary/aromatic N) is 1. The fraction of sp³-hybridized carbons (Fsp3) is 0.562. The number of likely N-dealkylation sites (N-methyl/N-ethyl adjacent to an activating group) is 1. The predicted octanol–water partition coefficient (Wildman–Crippen LogP) is 1.11. The lowest BCUT2D eigenvalue weighted by Gasteiger charge is -2.20. The SMILES string of the molecule is Cc1cc(C)cc(OCC(O)CNC(C)C(=O)N(C)C)c1. The van der Waals surface area contributed by atoms with Gasteiger partial charge in [0.2, 0.25) is 5.91 Å². The van der Waals surface area contributed by atoms with Crippen molar-refractivity contribution in [3.05, 3.63) is 29.3 Å². The van der Waals surface area contributed by atoms with Crippen molar-refractivity contribution < 1.29 is 14.6 Å². The second-order valence-corrected chi connectivity index (χ2v) is 5.65. The Balaban J connectivity index is 2.37. The molecule has 1 aromatic carbocycles. The van der Waals surface area contributed by atoms with Gasteiger partial charge in [0.05, 0.1) is 6.04 Å². The first-order valence-corrected chi connectivity index (χ1v) is 7.13. The molecule has 0 saturated heterocycles. The first kappa shape index (κ1) is 17.5. The molecule has 0 aliphatic rings. The molecule has 0 saturated carbocycles. The van der Waals surface area contributed by atoms with Crippen LogP contribution in [0.1, 0.15) is 18.1 Å². The van der Waals surface area contributed by atoms with Crippen molar-refractivity contribution in [3.63, 3.8) is 0 Å². The number of nitrogens with one attached hydrogen (secondary N) is 1. The molecule has 0 aliphatic carbocycles. The van der Waals surface area contributed by atoms with Gasteiger partial charge >= 0.3 is 0 Å². The topological polar surface area (TPSA) is 61.8 Å². The lowest BCUT2D eigenvalue weighted by atomic mass is 10.1. The number of ether oxygens (including phenoxy) is 1. The molecule has 1 amide bonds. The molecule has 0 aromatic heterocycles. The van der Waals surface area contributed by atoms with E-state index in [1.165, 1.54) is 4.90 Å². The average Bonchev–Trinajstić information content (AvgIpc) is 2.40. The minimum atomic E-state index is -0.664. The van der Waals surface area contributed by atoms with Gasteiger partial charge in [0.25, 0.3) is 0 Å². The molecule has 5 heteroatoms. The molecule has 1 rings (SSSR count). The summed E-state index contributed by atoms with van der Waals surface area (Å²) in [7, 11) is 3.42. The number of aliphatic hydroxyl groups is 1. The maximum Gasteiger partial charge on any atom is 0.238 e. The standard InChI is InChI=1S/C16H26N2O3/c1-11-6-12(2)8-15(7-11)21-10-14(19)9-17-13(3)16(20)18(4)5/h6-8,13-14,17,19H,9-10H2,1-5H3. The van der Waals surface area contributed by atoms with E-state index < -0.39 is 6.10 Å². The van der Waals surface area contributed by atoms with Crippen LogP contribution in [0, 0.1) is 13.8 Å². The van der Waals surface area contributed by atoms with Gasteiger partial charge in [-0.25, -0.2) is 0 Å². The summed E-state index contributed by atoms with van der Waals surface area (Å²) in [5.74, 6) is 0.737. The Morgan fingerprint density at radius 1 is 1.29 bits per heavy atom. The van der Waals surface area contributed by atoms with E-state index in [1.807, 2.05) is 26.0 Å². The Bertz CT molecular complexity index is 454. The van der Waals surface area contributed by atoms with Gasteiger partial charge in [-0.2, -0.15) is 0 Å². The van der Waals surface area contributed by atoms with Crippen LogP contribution in [0.25, 0.3) is 0 Å². The van der Waals surface area contributed by atoms with Gasteiger partial charge in [-0.05, 0) is 44.0 Å². The molecule has 0 aliphatic heterocycles. The zero-order valence-corrected chi connectivity index (χ0v) is 13.5. The Morgan fingerprint density at radius 2 is 1.86 bits per heavy atom. The Hall–Kier alpha value is -1.59. The number of benzene rings is 1. The van der Waals surface area contributed by atoms with E-state index in [0.29, 0.717) is 6.54 Å². The van der Waals surface area contributed by atoms with E-state index >= 15 is 0 Å². The number of hydrogen-bond donors (Lipinski definition) is 2. The molecule has 0 radical (unpaired) electrons. The van der Waals surface area contributed by atoms with Gasteiger partial charge in [0.1, 0.15) is 18.5 Å². The Kier molecular flexibility index (Phi) is 6.65. The highest BCUT2D eigenvalue weighted by atomic mass is 16.5. The summed E-state index contributed by atoms with van der Waals surface area (Å²) >= 11 is 0. The largest absolute Gasteiger partial charge is 0.491 e. The monoisotopic (exact) mass is 294 g/mol. The van der Waals surface area contributed by atoms with Crippen LogP contribution in [0.15, 0.2) is 18.2 Å². The molecule has 0 spiro atoms. The predicted molar refractivity (Wildman–Crippen MR) is 83.6 cm³/mol. The number of amides is 1. The van der Waals surface area contributed by atoms with Crippen LogP contribution >= 0.6 is 0 Å². The Morgan fingerprint density at radius 3 is 2.38 bits per heavy atom. The summed E-state index contributed by atoms with van der Waals surface area (Å²) in [6.45, 7) is 6.29. The van der Waals surface area contributed by atoms with Crippen molar-refractivity contribution in [2.75, 3.05) is 27.2 Å². The molecule has 2 unspecified atom stereocenters. The van der Waals surface area contributed by atoms with E-state index in [1.54, 1.807) is 21.0 Å². The first-order chi connectivity index (χ1) is 9.79. The van der Waals surface area contributed by atoms with Gasteiger partial charge in [-0.3, -0.25) is 4.79 Å². The molecule has 2 N–H and O–H groups in total. The molecular weight excluding hydrogens is 268 g/mol. The second kappa shape index (κ2) is 8.00. The highest BCUT2D eigenvalue weighted by Gasteiger charge is 2.15. The summed E-state index contributed by atoms with van der Waals surface area (Å²) in [5, 5.41) is 12.9. The normalized spacial score (nSPS) is 13.6. The summed E-state index contributed by atoms with van der Waals surface area (Å²) in [4.78, 5) is 13.2. The maximum absolute atomic E-state index is 11.7. The van der Waals surface area contributed by atoms with Crippen LogP contribution in [0.5, 0.6) is 5.75 Å². The fourth-order valence-electron chi connectivity index (χ4n) is 2.06. The zero-order valence-electron chi connectivity index (χ0n) is 13.5. The van der Waals surface area contributed by atoms with Crippen molar-refractivity contribution in [1.82, 2.24) is 10.2 Å². The molecule has 21 heavy (non-hydrogen) atoms. The van der Waals surface area contributed by atoms with Crippen LogP contribution in [0.2, 0.25) is 0 Å². The van der Waals surface area contributed by atoms with Crippen LogP contribution in [-0.4, -0.2) is 55.3 Å². The minimum Gasteiger partial charge on any atom is -0.491 e. The van der Waals surface area contributed by atoms with Gasteiger partial charge in [-0.15, -0.1) is 0 Å². The van der Waals surface area contributed by atoms with Crippen LogP contribution in [-0.2, 0) is 4.79 Å². The van der Waals surface area contributed by atoms with Crippen molar-refractivity contribution in [2.24, 2.45) is 0 Å². The van der Waals surface area contributed by atoms with E-state index in [-0.39, 0.29) is 18.6 Å². The van der Waals surface area contributed by atoms with Gasteiger partial charge in [0, 0.05) is 20.6 Å². The van der Waals surface area contributed by atoms with Gasteiger partial charge < -0.3 is 20.1 Å². The number of hydrogen-bond acceptors (Lipinski definition) is 4. The summed E-state index contributed by atoms with van der Waals surface area (Å²) in [5.41, 5.74) is 2.26. The summed E-state index contributed by atoms with van der Waals surface area (Å²) < 4.78 is 5.58. The average molecular weight is 294 g/mol. The molecule has 2 atom stereocenters. The van der Waals surface area contributed by atoms with Crippen LogP contribution in [0.3, 0.4) is 0 Å². The van der Waals surface area contributed by atoms with E-state index in [0.717, 1.165) is 16.9 Å². The lowest BCUT2D eigenvalue weighted by molar-refractivity contribution is -0.130. The smallest absolute Gasteiger partial charge is 0.238 e. The van der Waals surface area contributed by atoms with Crippen molar-refractivity contribution in [1.29, 1.82) is 0 Å².